The van der Waals surface area contributed by atoms with Gasteiger partial charge >= 0.3 is 0 Å². The van der Waals surface area contributed by atoms with Gasteiger partial charge in [0, 0.05) is 0 Å². The quantitative estimate of drug-likeness (QED) is 0.554. The van der Waals surface area contributed by atoms with Crippen LogP contribution < -0.4 is 0 Å². The van der Waals surface area contributed by atoms with Crippen LogP contribution in [0.15, 0.2) is 11.6 Å². The Balaban J connectivity index is 0.000000461. The average molecular weight is 194 g/mol. The highest BCUT2D eigenvalue weighted by Crippen LogP contribution is 2.53. The van der Waals surface area contributed by atoms with Crippen molar-refractivity contribution in [2.75, 3.05) is 0 Å². The summed E-state index contributed by atoms with van der Waals surface area (Å²) in [4.78, 5) is 0. The minimum atomic E-state index is 1.08. The second-order valence-corrected chi connectivity index (χ2v) is 4.51. The lowest BCUT2D eigenvalue weighted by atomic mass is 9.55. The van der Waals surface area contributed by atoms with Gasteiger partial charge in [0.2, 0.25) is 0 Å². The third-order valence-corrected chi connectivity index (χ3v) is 3.83. The Morgan fingerprint density at radius 2 is 1.71 bits per heavy atom. The van der Waals surface area contributed by atoms with E-state index in [2.05, 4.69) is 19.9 Å². The molecule has 0 aliphatic heterocycles. The summed E-state index contributed by atoms with van der Waals surface area (Å²) in [6.07, 6.45) is 9.54. The standard InChI is InChI=1S/C12H20.C2H6/c1-3-5-9-6-10-8-11(7-9)12(10)4-2;1-2/h5,10-12H,3-4,6-8H2,1-2H3;1-2H3. The van der Waals surface area contributed by atoms with Crippen molar-refractivity contribution in [3.63, 3.8) is 0 Å². The Labute approximate surface area is 89.8 Å². The van der Waals surface area contributed by atoms with Gasteiger partial charge in [0.05, 0.1) is 0 Å². The van der Waals surface area contributed by atoms with E-state index in [-0.39, 0.29) is 0 Å². The fourth-order valence-electron chi connectivity index (χ4n) is 3.28. The molecule has 3 aliphatic carbocycles. The molecule has 2 bridgehead atoms. The van der Waals surface area contributed by atoms with Crippen LogP contribution in [0.2, 0.25) is 0 Å². The van der Waals surface area contributed by atoms with Crippen LogP contribution in [0.5, 0.6) is 0 Å². The lowest BCUT2D eigenvalue weighted by Gasteiger charge is -2.50. The molecule has 14 heavy (non-hydrogen) atoms. The summed E-state index contributed by atoms with van der Waals surface area (Å²) in [5.74, 6) is 3.25. The van der Waals surface area contributed by atoms with Gasteiger partial charge in [-0.3, -0.25) is 0 Å². The van der Waals surface area contributed by atoms with Crippen molar-refractivity contribution in [1.82, 2.24) is 0 Å². The second-order valence-electron chi connectivity index (χ2n) is 4.51. The zero-order chi connectivity index (χ0) is 10.6. The van der Waals surface area contributed by atoms with E-state index >= 15 is 0 Å². The van der Waals surface area contributed by atoms with Crippen LogP contribution in [0.3, 0.4) is 0 Å². The molecule has 2 unspecified atom stereocenters. The van der Waals surface area contributed by atoms with Gasteiger partial charge in [-0.2, -0.15) is 0 Å². The lowest BCUT2D eigenvalue weighted by Crippen LogP contribution is -2.40. The maximum absolute atomic E-state index is 2.46. The van der Waals surface area contributed by atoms with E-state index in [4.69, 9.17) is 0 Å². The fraction of sp³-hybridized carbons (Fsp3) is 0.857. The second kappa shape index (κ2) is 5.58. The Hall–Kier alpha value is -0.260. The summed E-state index contributed by atoms with van der Waals surface area (Å²) in [7, 11) is 0. The van der Waals surface area contributed by atoms with Gasteiger partial charge in [0.1, 0.15) is 0 Å². The Morgan fingerprint density at radius 1 is 1.14 bits per heavy atom. The Morgan fingerprint density at radius 3 is 2.14 bits per heavy atom. The van der Waals surface area contributed by atoms with Crippen molar-refractivity contribution in [3.8, 4) is 0 Å². The van der Waals surface area contributed by atoms with Gasteiger partial charge in [-0.15, -0.1) is 0 Å². The maximum atomic E-state index is 2.46. The first kappa shape index (κ1) is 11.8. The molecule has 0 aromatic rings. The summed E-state index contributed by atoms with van der Waals surface area (Å²) in [6.45, 7) is 8.61. The summed E-state index contributed by atoms with van der Waals surface area (Å²) < 4.78 is 0. The number of fused-ring (bicyclic) bond motifs is 2. The van der Waals surface area contributed by atoms with Gasteiger partial charge in [-0.25, -0.2) is 0 Å². The predicted octanol–water partition coefficient (Wildman–Crippen LogP) is 4.81. The molecule has 82 valence electrons. The highest BCUT2D eigenvalue weighted by molar-refractivity contribution is 5.14. The highest BCUT2D eigenvalue weighted by atomic mass is 14.5. The normalized spacial score (nSPS) is 34.0. The van der Waals surface area contributed by atoms with Crippen LogP contribution in [0.1, 0.15) is 59.8 Å². The minimum Gasteiger partial charge on any atom is -0.0856 e. The molecule has 0 saturated heterocycles. The summed E-state index contributed by atoms with van der Waals surface area (Å²) in [5, 5.41) is 0. The summed E-state index contributed by atoms with van der Waals surface area (Å²) in [5.41, 5.74) is 1.77. The van der Waals surface area contributed by atoms with Gasteiger partial charge in [0.15, 0.2) is 0 Å². The van der Waals surface area contributed by atoms with E-state index < -0.39 is 0 Å². The molecule has 0 amide bonds. The Bertz CT molecular complexity index is 176. The molecule has 2 atom stereocenters. The molecule has 3 saturated carbocycles. The molecular formula is C14H26. The number of rotatable bonds is 2. The number of allylic oxidation sites excluding steroid dienone is 2. The third-order valence-electron chi connectivity index (χ3n) is 3.83. The summed E-state index contributed by atoms with van der Waals surface area (Å²) >= 11 is 0. The molecule has 0 aromatic carbocycles. The SMILES string of the molecule is CC.CCC=C1CC2CC(C1)C2CC. The monoisotopic (exact) mass is 194 g/mol. The van der Waals surface area contributed by atoms with Gasteiger partial charge < -0.3 is 0 Å². The smallest absolute Gasteiger partial charge is 0.0289 e. The van der Waals surface area contributed by atoms with Crippen LogP contribution in [0.4, 0.5) is 0 Å². The molecule has 0 N–H and O–H groups in total. The number of hydrogen-bond donors (Lipinski definition) is 0. The van der Waals surface area contributed by atoms with E-state index in [1.165, 1.54) is 25.7 Å². The molecule has 0 nitrogen and oxygen atoms in total. The molecule has 3 rings (SSSR count). The molecule has 0 heteroatoms. The van der Waals surface area contributed by atoms with Crippen LogP contribution in [0, 0.1) is 17.8 Å². The van der Waals surface area contributed by atoms with Crippen LogP contribution in [-0.4, -0.2) is 0 Å². The topological polar surface area (TPSA) is 0 Å². The van der Waals surface area contributed by atoms with Crippen LogP contribution >= 0.6 is 0 Å². The predicted molar refractivity (Wildman–Crippen MR) is 64.3 cm³/mol. The van der Waals surface area contributed by atoms with E-state index in [9.17, 15) is 0 Å². The molecule has 0 spiro atoms. The van der Waals surface area contributed by atoms with Crippen molar-refractivity contribution in [3.05, 3.63) is 11.6 Å². The van der Waals surface area contributed by atoms with Crippen molar-refractivity contribution in [2.45, 2.75) is 59.8 Å². The van der Waals surface area contributed by atoms with E-state index in [1.54, 1.807) is 12.0 Å². The van der Waals surface area contributed by atoms with Gasteiger partial charge in [-0.05, 0) is 43.4 Å². The van der Waals surface area contributed by atoms with Crippen LogP contribution in [0.25, 0.3) is 0 Å². The van der Waals surface area contributed by atoms with Crippen molar-refractivity contribution >= 4 is 0 Å². The van der Waals surface area contributed by atoms with E-state index in [0.717, 1.165) is 17.8 Å². The molecule has 0 radical (unpaired) electrons. The first-order valence-corrected chi connectivity index (χ1v) is 6.53. The molecular weight excluding hydrogens is 168 g/mol. The maximum Gasteiger partial charge on any atom is -0.0289 e. The fourth-order valence-corrected chi connectivity index (χ4v) is 3.28. The third kappa shape index (κ3) is 2.21. The van der Waals surface area contributed by atoms with E-state index in [0.29, 0.717) is 0 Å². The van der Waals surface area contributed by atoms with Gasteiger partial charge in [-0.1, -0.05) is 45.8 Å². The minimum absolute atomic E-state index is 1.08. The molecule has 0 heterocycles. The average Bonchev–Trinajstić information content (AvgIpc) is 2.22. The Kier molecular flexibility index (Phi) is 4.71. The number of hydrogen-bond acceptors (Lipinski definition) is 0. The summed E-state index contributed by atoms with van der Waals surface area (Å²) in [6, 6.07) is 0. The first-order valence-electron chi connectivity index (χ1n) is 6.53. The zero-order valence-corrected chi connectivity index (χ0v) is 10.3. The van der Waals surface area contributed by atoms with E-state index in [1.807, 2.05) is 13.8 Å². The molecule has 3 aliphatic rings. The zero-order valence-electron chi connectivity index (χ0n) is 10.3. The molecule has 0 aromatic heterocycles. The lowest BCUT2D eigenvalue weighted by molar-refractivity contribution is 0.0389. The van der Waals surface area contributed by atoms with Crippen LogP contribution in [-0.2, 0) is 0 Å². The highest BCUT2D eigenvalue weighted by Gasteiger charge is 2.43. The first-order chi connectivity index (χ1) is 6.85. The van der Waals surface area contributed by atoms with Crippen molar-refractivity contribution in [2.24, 2.45) is 17.8 Å². The van der Waals surface area contributed by atoms with Crippen molar-refractivity contribution in [1.29, 1.82) is 0 Å². The molecule has 3 fully saturated rings. The van der Waals surface area contributed by atoms with Crippen molar-refractivity contribution < 1.29 is 0 Å². The largest absolute Gasteiger partial charge is 0.0856 e. The van der Waals surface area contributed by atoms with Gasteiger partial charge in [0.25, 0.3) is 0 Å².